The first-order valence-electron chi connectivity index (χ1n) is 7.80. The maximum absolute atomic E-state index is 12.0. The Labute approximate surface area is 130 Å². The van der Waals surface area contributed by atoms with E-state index in [2.05, 4.69) is 29.4 Å². The van der Waals surface area contributed by atoms with Crippen LogP contribution in [0.5, 0.6) is 0 Å². The molecule has 6 heteroatoms. The summed E-state index contributed by atoms with van der Waals surface area (Å²) in [4.78, 5) is 15.0. The maximum Gasteiger partial charge on any atom is 0.263 e. The largest absolute Gasteiger partial charge is 0.397 e. The number of rotatable bonds is 9. The van der Waals surface area contributed by atoms with Crippen LogP contribution in [0.25, 0.3) is 0 Å². The summed E-state index contributed by atoms with van der Waals surface area (Å²) in [5.41, 5.74) is 6.51. The number of nitrogens with zero attached hydrogens (tertiary/aromatic N) is 1. The Morgan fingerprint density at radius 2 is 2.14 bits per heavy atom. The van der Waals surface area contributed by atoms with Crippen molar-refractivity contribution in [1.82, 2.24) is 10.2 Å². The predicted octanol–water partition coefficient (Wildman–Crippen LogP) is 2.37. The summed E-state index contributed by atoms with van der Waals surface area (Å²) in [5, 5.41) is 7.32. The smallest absolute Gasteiger partial charge is 0.263 e. The van der Waals surface area contributed by atoms with E-state index in [1.165, 1.54) is 11.3 Å². The maximum atomic E-state index is 12.0. The Morgan fingerprint density at radius 3 is 2.76 bits per heavy atom. The van der Waals surface area contributed by atoms with E-state index in [4.69, 9.17) is 5.73 Å². The molecule has 1 amide bonds. The number of nitrogen functional groups attached to an aromatic ring is 1. The molecule has 1 heterocycles. The van der Waals surface area contributed by atoms with Crippen molar-refractivity contribution in [2.75, 3.05) is 37.2 Å². The minimum atomic E-state index is -0.0313. The summed E-state index contributed by atoms with van der Waals surface area (Å²) in [6, 6.07) is 2.23. The summed E-state index contributed by atoms with van der Waals surface area (Å²) in [7, 11) is 0. The molecule has 1 aliphatic carbocycles. The molecule has 0 spiro atoms. The van der Waals surface area contributed by atoms with Gasteiger partial charge in [-0.25, -0.2) is 0 Å². The fourth-order valence-electron chi connectivity index (χ4n) is 2.20. The van der Waals surface area contributed by atoms with Crippen molar-refractivity contribution in [2.45, 2.75) is 39.2 Å². The third-order valence-electron chi connectivity index (χ3n) is 3.72. The molecule has 0 atom stereocenters. The molecular formula is C15H26N4OS. The zero-order chi connectivity index (χ0) is 15.2. The molecule has 118 valence electrons. The Bertz CT molecular complexity index is 466. The highest BCUT2D eigenvalue weighted by Gasteiger charge is 2.25. The van der Waals surface area contributed by atoms with E-state index in [1.807, 2.05) is 6.07 Å². The molecule has 1 aromatic rings. The first kappa shape index (κ1) is 16.1. The summed E-state index contributed by atoms with van der Waals surface area (Å²) < 4.78 is 0. The van der Waals surface area contributed by atoms with E-state index in [0.29, 0.717) is 16.6 Å². The van der Waals surface area contributed by atoms with Crippen molar-refractivity contribution in [3.63, 3.8) is 0 Å². The number of hydrogen-bond donors (Lipinski definition) is 3. The van der Waals surface area contributed by atoms with Gasteiger partial charge >= 0.3 is 0 Å². The van der Waals surface area contributed by atoms with Gasteiger partial charge in [0.05, 0.1) is 10.7 Å². The molecular weight excluding hydrogens is 284 g/mol. The second kappa shape index (κ2) is 7.66. The summed E-state index contributed by atoms with van der Waals surface area (Å²) in [6.07, 6.45) is 3.27. The molecule has 1 saturated carbocycles. The number of amides is 1. The quantitative estimate of drug-likeness (QED) is 0.612. The second-order valence-corrected chi connectivity index (χ2v) is 6.50. The molecule has 5 nitrogen and oxygen atoms in total. The van der Waals surface area contributed by atoms with Crippen LogP contribution in [0.2, 0.25) is 0 Å². The Balaban J connectivity index is 1.77. The zero-order valence-electron chi connectivity index (χ0n) is 12.9. The van der Waals surface area contributed by atoms with Crippen LogP contribution in [0.1, 0.15) is 42.8 Å². The molecule has 0 bridgehead atoms. The normalized spacial score (nSPS) is 14.4. The summed E-state index contributed by atoms with van der Waals surface area (Å²) >= 11 is 1.45. The average Bonchev–Trinajstić information content (AvgIpc) is 3.20. The fourth-order valence-corrected chi connectivity index (χ4v) is 3.11. The molecule has 2 rings (SSSR count). The number of thiophene rings is 1. The summed E-state index contributed by atoms with van der Waals surface area (Å²) in [5.74, 6) is -0.0313. The van der Waals surface area contributed by atoms with Crippen molar-refractivity contribution in [2.24, 2.45) is 0 Å². The first-order chi connectivity index (χ1) is 10.1. The molecule has 0 aliphatic heterocycles. The fraction of sp³-hybridized carbons (Fsp3) is 0.667. The predicted molar refractivity (Wildman–Crippen MR) is 90.1 cm³/mol. The molecule has 1 fully saturated rings. The van der Waals surface area contributed by atoms with Gasteiger partial charge in [-0.05, 0) is 45.0 Å². The number of nitrogens with one attached hydrogen (secondary N) is 2. The highest BCUT2D eigenvalue weighted by Crippen LogP contribution is 2.30. The third kappa shape index (κ3) is 4.89. The van der Waals surface area contributed by atoms with Gasteiger partial charge in [-0.2, -0.15) is 0 Å². The standard InChI is InChI=1S/C15H26N4OS/c1-3-19(4-2)9-5-8-17-13-10-12(16)14(21-13)15(20)18-11-6-7-11/h10-11,17H,3-9,16H2,1-2H3,(H,18,20). The third-order valence-corrected chi connectivity index (χ3v) is 4.83. The van der Waals surface area contributed by atoms with Gasteiger partial charge < -0.3 is 21.3 Å². The van der Waals surface area contributed by atoms with Crippen molar-refractivity contribution in [1.29, 1.82) is 0 Å². The molecule has 0 saturated heterocycles. The zero-order valence-corrected chi connectivity index (χ0v) is 13.8. The Kier molecular flexibility index (Phi) is 5.87. The van der Waals surface area contributed by atoms with Crippen LogP contribution < -0.4 is 16.4 Å². The average molecular weight is 310 g/mol. The van der Waals surface area contributed by atoms with Gasteiger partial charge in [0.15, 0.2) is 0 Å². The number of anilines is 2. The topological polar surface area (TPSA) is 70.4 Å². The molecule has 0 unspecified atom stereocenters. The van der Waals surface area contributed by atoms with Crippen LogP contribution in [0.3, 0.4) is 0 Å². The second-order valence-electron chi connectivity index (χ2n) is 5.45. The van der Waals surface area contributed by atoms with Gasteiger partial charge in [-0.15, -0.1) is 11.3 Å². The van der Waals surface area contributed by atoms with E-state index in [0.717, 1.165) is 50.4 Å². The number of carbonyl (C=O) groups excluding carboxylic acids is 1. The number of carbonyl (C=O) groups is 1. The number of hydrogen-bond acceptors (Lipinski definition) is 5. The highest BCUT2D eigenvalue weighted by atomic mass is 32.1. The lowest BCUT2D eigenvalue weighted by Gasteiger charge is -2.17. The van der Waals surface area contributed by atoms with Gasteiger partial charge in [-0.1, -0.05) is 13.8 Å². The van der Waals surface area contributed by atoms with Gasteiger partial charge in [0.2, 0.25) is 0 Å². The number of nitrogens with two attached hydrogens (primary N) is 1. The van der Waals surface area contributed by atoms with E-state index in [9.17, 15) is 4.79 Å². The lowest BCUT2D eigenvalue weighted by atomic mass is 10.3. The van der Waals surface area contributed by atoms with E-state index in [1.54, 1.807) is 0 Å². The molecule has 4 N–H and O–H groups in total. The van der Waals surface area contributed by atoms with Crippen LogP contribution in [0.15, 0.2) is 6.07 Å². The first-order valence-corrected chi connectivity index (χ1v) is 8.62. The van der Waals surface area contributed by atoms with E-state index >= 15 is 0 Å². The minimum Gasteiger partial charge on any atom is -0.397 e. The van der Waals surface area contributed by atoms with Crippen molar-refractivity contribution in [3.05, 3.63) is 10.9 Å². The van der Waals surface area contributed by atoms with E-state index in [-0.39, 0.29) is 5.91 Å². The van der Waals surface area contributed by atoms with Gasteiger partial charge in [0.1, 0.15) is 4.88 Å². The minimum absolute atomic E-state index is 0.0313. The molecule has 0 radical (unpaired) electrons. The van der Waals surface area contributed by atoms with Crippen LogP contribution in [0.4, 0.5) is 10.7 Å². The SMILES string of the molecule is CCN(CC)CCCNc1cc(N)c(C(=O)NC2CC2)s1. The van der Waals surface area contributed by atoms with Crippen molar-refractivity contribution < 1.29 is 4.79 Å². The van der Waals surface area contributed by atoms with E-state index < -0.39 is 0 Å². The Hall–Kier alpha value is -1.27. The molecule has 0 aromatic carbocycles. The lowest BCUT2D eigenvalue weighted by Crippen LogP contribution is -2.25. The van der Waals surface area contributed by atoms with Crippen LogP contribution in [-0.4, -0.2) is 43.0 Å². The van der Waals surface area contributed by atoms with Gasteiger partial charge in [0.25, 0.3) is 5.91 Å². The lowest BCUT2D eigenvalue weighted by molar-refractivity contribution is 0.0956. The molecule has 1 aliphatic rings. The van der Waals surface area contributed by atoms with Gasteiger partial charge in [0, 0.05) is 12.6 Å². The van der Waals surface area contributed by atoms with Crippen LogP contribution in [-0.2, 0) is 0 Å². The summed E-state index contributed by atoms with van der Waals surface area (Å²) in [6.45, 7) is 8.54. The van der Waals surface area contributed by atoms with Gasteiger partial charge in [-0.3, -0.25) is 4.79 Å². The van der Waals surface area contributed by atoms with Crippen LogP contribution in [0, 0.1) is 0 Å². The molecule has 1 aromatic heterocycles. The highest BCUT2D eigenvalue weighted by molar-refractivity contribution is 7.18. The molecule has 21 heavy (non-hydrogen) atoms. The van der Waals surface area contributed by atoms with Crippen molar-refractivity contribution >= 4 is 27.9 Å². The monoisotopic (exact) mass is 310 g/mol. The van der Waals surface area contributed by atoms with Crippen LogP contribution >= 0.6 is 11.3 Å². The van der Waals surface area contributed by atoms with Crippen molar-refractivity contribution in [3.8, 4) is 0 Å². The Morgan fingerprint density at radius 1 is 1.43 bits per heavy atom.